The first-order valence-corrected chi connectivity index (χ1v) is 12.2. The first-order chi connectivity index (χ1) is 14.8. The van der Waals surface area contributed by atoms with Crippen molar-refractivity contribution in [2.75, 3.05) is 19.7 Å². The summed E-state index contributed by atoms with van der Waals surface area (Å²) in [4.78, 5) is 14.5. The third-order valence-electron chi connectivity index (χ3n) is 9.13. The molecule has 1 spiro atoms. The SMILES string of the molecule is CC(=O)N[C@@H]1C(C)(C)[C@@H]2C[C@@H]3[C@@H](c4ccc(O)c(CN5CCCCC5)c4)OCCC31C2. The summed E-state index contributed by atoms with van der Waals surface area (Å²) in [7, 11) is 0. The minimum atomic E-state index is 0.0480. The molecule has 2 aliphatic carbocycles. The Balaban J connectivity index is 1.43. The molecule has 2 aliphatic heterocycles. The Bertz CT molecular complexity index is 847. The zero-order valence-corrected chi connectivity index (χ0v) is 19.3. The van der Waals surface area contributed by atoms with E-state index in [4.69, 9.17) is 4.74 Å². The fraction of sp³-hybridized carbons (Fsp3) is 0.731. The van der Waals surface area contributed by atoms with Gasteiger partial charge in [-0.1, -0.05) is 26.3 Å². The molecule has 5 rings (SSSR count). The number of hydrogen-bond donors (Lipinski definition) is 2. The number of ether oxygens (including phenoxy) is 1. The van der Waals surface area contributed by atoms with Gasteiger partial charge in [-0.25, -0.2) is 0 Å². The molecular weight excluding hydrogens is 388 g/mol. The van der Waals surface area contributed by atoms with Crippen LogP contribution in [0.4, 0.5) is 0 Å². The largest absolute Gasteiger partial charge is 0.508 e. The van der Waals surface area contributed by atoms with E-state index in [-0.39, 0.29) is 28.9 Å². The zero-order valence-electron chi connectivity index (χ0n) is 19.3. The number of aromatic hydroxyl groups is 1. The molecule has 1 unspecified atom stereocenters. The number of hydrogen-bond acceptors (Lipinski definition) is 4. The van der Waals surface area contributed by atoms with Gasteiger partial charge in [0.05, 0.1) is 6.10 Å². The lowest BCUT2D eigenvalue weighted by molar-refractivity contribution is -0.136. The lowest BCUT2D eigenvalue weighted by Crippen LogP contribution is -2.58. The average Bonchev–Trinajstić information content (AvgIpc) is 3.23. The van der Waals surface area contributed by atoms with Crippen molar-refractivity contribution in [1.29, 1.82) is 0 Å². The number of phenols is 1. The van der Waals surface area contributed by atoms with Crippen molar-refractivity contribution in [2.45, 2.75) is 78.0 Å². The summed E-state index contributed by atoms with van der Waals surface area (Å²) >= 11 is 0. The minimum Gasteiger partial charge on any atom is -0.508 e. The molecule has 0 aromatic heterocycles. The van der Waals surface area contributed by atoms with Gasteiger partial charge < -0.3 is 15.2 Å². The van der Waals surface area contributed by atoms with Gasteiger partial charge in [-0.2, -0.15) is 0 Å². The molecule has 2 heterocycles. The van der Waals surface area contributed by atoms with Crippen LogP contribution >= 0.6 is 0 Å². The summed E-state index contributed by atoms with van der Waals surface area (Å²) in [5.74, 6) is 1.51. The normalized spacial score (nSPS) is 36.9. The van der Waals surface area contributed by atoms with E-state index in [1.165, 1.54) is 31.2 Å². The summed E-state index contributed by atoms with van der Waals surface area (Å²) in [6.07, 6.45) is 7.24. The van der Waals surface area contributed by atoms with Crippen LogP contribution in [0.5, 0.6) is 5.75 Å². The van der Waals surface area contributed by atoms with E-state index < -0.39 is 0 Å². The Hall–Kier alpha value is -1.59. The molecule has 4 aliphatic rings. The first kappa shape index (κ1) is 21.3. The maximum Gasteiger partial charge on any atom is 0.217 e. The Kier molecular flexibility index (Phi) is 5.33. The number of fused-ring (bicyclic) bond motifs is 1. The standard InChI is InChI=1S/C26H38N2O3/c1-17(29)27-24-25(2,3)20-14-21-23(31-12-9-26(21,24)15-20)18-7-8-22(30)19(13-18)16-28-10-5-4-6-11-28/h7-8,13,20-21,23-24,30H,4-6,9-12,14-16H2,1-3H3,(H,27,29)/t20-,21-,23-,24-,26?/m1/s1. The fourth-order valence-electron chi connectivity index (χ4n) is 7.59. The quantitative estimate of drug-likeness (QED) is 0.749. The summed E-state index contributed by atoms with van der Waals surface area (Å²) in [5, 5.41) is 13.9. The molecule has 1 aromatic carbocycles. The van der Waals surface area contributed by atoms with Crippen LogP contribution in [0.3, 0.4) is 0 Å². The molecule has 1 aromatic rings. The maximum absolute atomic E-state index is 12.1. The summed E-state index contributed by atoms with van der Waals surface area (Å²) < 4.78 is 6.42. The van der Waals surface area contributed by atoms with E-state index in [0.717, 1.165) is 44.6 Å². The summed E-state index contributed by atoms with van der Waals surface area (Å²) in [6, 6.07) is 6.32. The predicted octanol–water partition coefficient (Wildman–Crippen LogP) is 4.40. The van der Waals surface area contributed by atoms with Crippen molar-refractivity contribution in [3.63, 3.8) is 0 Å². The van der Waals surface area contributed by atoms with Crippen LogP contribution in [-0.4, -0.2) is 41.7 Å². The molecule has 170 valence electrons. The van der Waals surface area contributed by atoms with Gasteiger partial charge in [0.2, 0.25) is 5.91 Å². The van der Waals surface area contributed by atoms with Crippen LogP contribution in [0.25, 0.3) is 0 Å². The molecule has 4 fully saturated rings. The van der Waals surface area contributed by atoms with Crippen molar-refractivity contribution in [1.82, 2.24) is 10.2 Å². The number of rotatable bonds is 4. The van der Waals surface area contributed by atoms with Crippen molar-refractivity contribution >= 4 is 5.91 Å². The third kappa shape index (κ3) is 3.48. The van der Waals surface area contributed by atoms with E-state index >= 15 is 0 Å². The molecule has 5 nitrogen and oxygen atoms in total. The molecule has 5 heteroatoms. The number of nitrogens with zero attached hydrogens (tertiary/aromatic N) is 1. The van der Waals surface area contributed by atoms with Crippen molar-refractivity contribution in [2.24, 2.45) is 22.7 Å². The van der Waals surface area contributed by atoms with Crippen LogP contribution in [0.15, 0.2) is 18.2 Å². The molecular formula is C26H38N2O3. The summed E-state index contributed by atoms with van der Waals surface area (Å²) in [5.41, 5.74) is 2.46. The third-order valence-corrected chi connectivity index (χ3v) is 9.13. The van der Waals surface area contributed by atoms with Crippen molar-refractivity contribution in [3.8, 4) is 5.75 Å². The highest BCUT2D eigenvalue weighted by atomic mass is 16.5. The molecule has 2 bridgehead atoms. The van der Waals surface area contributed by atoms with Crippen molar-refractivity contribution < 1.29 is 14.6 Å². The number of likely N-dealkylation sites (tertiary alicyclic amines) is 1. The number of benzene rings is 1. The molecule has 5 atom stereocenters. The minimum absolute atomic E-state index is 0.0480. The molecule has 1 amide bonds. The van der Waals surface area contributed by atoms with Gasteiger partial charge >= 0.3 is 0 Å². The van der Waals surface area contributed by atoms with E-state index in [0.29, 0.717) is 17.6 Å². The highest BCUT2D eigenvalue weighted by Crippen LogP contribution is 2.70. The van der Waals surface area contributed by atoms with Gasteiger partial charge in [-0.05, 0) is 85.6 Å². The molecule has 2 N–H and O–H groups in total. The second kappa shape index (κ2) is 7.77. The number of nitrogens with one attached hydrogen (secondary N) is 1. The van der Waals surface area contributed by atoms with Gasteiger partial charge in [0.25, 0.3) is 0 Å². The van der Waals surface area contributed by atoms with Gasteiger partial charge in [-0.15, -0.1) is 0 Å². The number of amides is 1. The Morgan fingerprint density at radius 3 is 2.77 bits per heavy atom. The lowest BCUT2D eigenvalue weighted by atomic mass is 9.59. The molecule has 2 saturated carbocycles. The summed E-state index contributed by atoms with van der Waals surface area (Å²) in [6.45, 7) is 10.1. The second-order valence-electron chi connectivity index (χ2n) is 11.2. The van der Waals surface area contributed by atoms with Crippen LogP contribution in [0.1, 0.15) is 76.5 Å². The van der Waals surface area contributed by atoms with Gasteiger partial charge in [0.1, 0.15) is 5.75 Å². The first-order valence-electron chi connectivity index (χ1n) is 12.2. The monoisotopic (exact) mass is 426 g/mol. The lowest BCUT2D eigenvalue weighted by Gasteiger charge is -2.53. The van der Waals surface area contributed by atoms with Crippen LogP contribution in [0.2, 0.25) is 0 Å². The molecule has 2 saturated heterocycles. The number of piperidine rings is 1. The number of phenolic OH excluding ortho intramolecular Hbond substituents is 1. The molecule has 31 heavy (non-hydrogen) atoms. The smallest absolute Gasteiger partial charge is 0.217 e. The highest BCUT2D eigenvalue weighted by Gasteiger charge is 2.68. The Labute approximate surface area is 186 Å². The zero-order chi connectivity index (χ0) is 21.8. The van der Waals surface area contributed by atoms with E-state index in [2.05, 4.69) is 36.2 Å². The number of carbonyl (C=O) groups is 1. The predicted molar refractivity (Wildman–Crippen MR) is 121 cm³/mol. The van der Waals surface area contributed by atoms with E-state index in [9.17, 15) is 9.90 Å². The van der Waals surface area contributed by atoms with Gasteiger partial charge in [0, 0.05) is 31.7 Å². The topological polar surface area (TPSA) is 61.8 Å². The number of carbonyl (C=O) groups excluding carboxylic acids is 1. The molecule has 0 radical (unpaired) electrons. The van der Waals surface area contributed by atoms with Gasteiger partial charge in [-0.3, -0.25) is 9.69 Å². The second-order valence-corrected chi connectivity index (χ2v) is 11.2. The van der Waals surface area contributed by atoms with E-state index in [1.807, 2.05) is 6.07 Å². The van der Waals surface area contributed by atoms with Crippen LogP contribution < -0.4 is 5.32 Å². The van der Waals surface area contributed by atoms with Crippen LogP contribution in [-0.2, 0) is 16.1 Å². The Morgan fingerprint density at radius 1 is 1.26 bits per heavy atom. The maximum atomic E-state index is 12.1. The van der Waals surface area contributed by atoms with E-state index in [1.54, 1.807) is 6.92 Å². The van der Waals surface area contributed by atoms with Crippen LogP contribution in [0, 0.1) is 22.7 Å². The van der Waals surface area contributed by atoms with Crippen molar-refractivity contribution in [3.05, 3.63) is 29.3 Å². The highest BCUT2D eigenvalue weighted by molar-refractivity contribution is 5.73. The fourth-order valence-corrected chi connectivity index (χ4v) is 7.59. The Morgan fingerprint density at radius 2 is 2.03 bits per heavy atom. The average molecular weight is 427 g/mol. The van der Waals surface area contributed by atoms with Gasteiger partial charge in [0.15, 0.2) is 0 Å².